The molecule has 1 aromatic rings. The highest BCUT2D eigenvalue weighted by Gasteiger charge is 2.30. The van der Waals surface area contributed by atoms with Gasteiger partial charge < -0.3 is 20.6 Å². The lowest BCUT2D eigenvalue weighted by atomic mass is 9.81. The van der Waals surface area contributed by atoms with Gasteiger partial charge in [-0.15, -0.1) is 0 Å². The van der Waals surface area contributed by atoms with Crippen LogP contribution in [-0.2, 0) is 6.54 Å². The van der Waals surface area contributed by atoms with Crippen molar-refractivity contribution in [1.29, 1.82) is 0 Å². The molecule has 2 amide bonds. The Morgan fingerprint density at radius 2 is 1.92 bits per heavy atom. The van der Waals surface area contributed by atoms with Gasteiger partial charge in [0.25, 0.3) is 0 Å². The summed E-state index contributed by atoms with van der Waals surface area (Å²) in [4.78, 5) is 14.3. The van der Waals surface area contributed by atoms with Gasteiger partial charge in [0, 0.05) is 37.3 Å². The molecule has 0 spiro atoms. The highest BCUT2D eigenvalue weighted by atomic mass is 16.3. The number of nitrogens with one attached hydrogen (secondary N) is 2. The second-order valence-corrected chi connectivity index (χ2v) is 7.76. The number of nitrogens with zero attached hydrogens (tertiary/aromatic N) is 1. The van der Waals surface area contributed by atoms with Gasteiger partial charge in [0.15, 0.2) is 0 Å². The lowest BCUT2D eigenvalue weighted by Gasteiger charge is -2.33. The van der Waals surface area contributed by atoms with Gasteiger partial charge >= 0.3 is 6.03 Å². The molecule has 5 nitrogen and oxygen atoms in total. The Balaban J connectivity index is 1.81. The summed E-state index contributed by atoms with van der Waals surface area (Å²) in [7, 11) is 0. The summed E-state index contributed by atoms with van der Waals surface area (Å²) < 4.78 is 0. The van der Waals surface area contributed by atoms with E-state index in [1.54, 1.807) is 0 Å². The topological polar surface area (TPSA) is 64.6 Å². The van der Waals surface area contributed by atoms with Crippen molar-refractivity contribution >= 4 is 11.7 Å². The van der Waals surface area contributed by atoms with E-state index in [1.807, 2.05) is 39.8 Å². The monoisotopic (exact) mass is 345 g/mol. The molecule has 1 atom stereocenters. The SMILES string of the molecule is CC(C)C(O)C(C)(C)CNC(=O)NCc1cccc(N2CC=CC2)c1. The largest absolute Gasteiger partial charge is 0.392 e. The number of aliphatic hydroxyl groups is 1. The average Bonchev–Trinajstić information content (AvgIpc) is 3.12. The van der Waals surface area contributed by atoms with Crippen LogP contribution in [0.3, 0.4) is 0 Å². The van der Waals surface area contributed by atoms with E-state index in [2.05, 4.69) is 39.8 Å². The number of hydrogen-bond donors (Lipinski definition) is 3. The number of amides is 2. The van der Waals surface area contributed by atoms with Crippen LogP contribution >= 0.6 is 0 Å². The number of benzene rings is 1. The van der Waals surface area contributed by atoms with E-state index < -0.39 is 6.10 Å². The molecule has 0 saturated heterocycles. The van der Waals surface area contributed by atoms with E-state index in [9.17, 15) is 9.90 Å². The fourth-order valence-corrected chi connectivity index (χ4v) is 3.11. The Morgan fingerprint density at radius 1 is 1.24 bits per heavy atom. The first-order valence-corrected chi connectivity index (χ1v) is 8.98. The number of anilines is 1. The summed E-state index contributed by atoms with van der Waals surface area (Å²) in [5, 5.41) is 16.0. The minimum absolute atomic E-state index is 0.155. The maximum atomic E-state index is 12.1. The molecule has 0 saturated carbocycles. The zero-order valence-corrected chi connectivity index (χ0v) is 15.7. The lowest BCUT2D eigenvalue weighted by Crippen LogP contribution is -2.46. The van der Waals surface area contributed by atoms with Crippen molar-refractivity contribution in [2.75, 3.05) is 24.5 Å². The molecule has 1 heterocycles. The molecule has 0 aromatic heterocycles. The number of rotatable bonds is 7. The van der Waals surface area contributed by atoms with Gasteiger partial charge in [-0.05, 0) is 23.6 Å². The summed E-state index contributed by atoms with van der Waals surface area (Å²) >= 11 is 0. The van der Waals surface area contributed by atoms with E-state index in [-0.39, 0.29) is 17.4 Å². The normalized spacial score (nSPS) is 15.5. The highest BCUT2D eigenvalue weighted by molar-refractivity contribution is 5.73. The van der Waals surface area contributed by atoms with Gasteiger partial charge in [-0.1, -0.05) is 52.0 Å². The molecule has 25 heavy (non-hydrogen) atoms. The summed E-state index contributed by atoms with van der Waals surface area (Å²) in [5.41, 5.74) is 1.88. The summed E-state index contributed by atoms with van der Waals surface area (Å²) in [6.07, 6.45) is 3.86. The van der Waals surface area contributed by atoms with Crippen molar-refractivity contribution in [2.45, 2.75) is 40.3 Å². The van der Waals surface area contributed by atoms with E-state index in [0.717, 1.165) is 18.7 Å². The van der Waals surface area contributed by atoms with Crippen LogP contribution in [0.1, 0.15) is 33.3 Å². The van der Waals surface area contributed by atoms with Crippen molar-refractivity contribution in [3.05, 3.63) is 42.0 Å². The zero-order valence-electron chi connectivity index (χ0n) is 15.7. The van der Waals surface area contributed by atoms with Crippen molar-refractivity contribution in [3.8, 4) is 0 Å². The molecule has 138 valence electrons. The van der Waals surface area contributed by atoms with Gasteiger partial charge in [-0.2, -0.15) is 0 Å². The van der Waals surface area contributed by atoms with Crippen LogP contribution in [0.15, 0.2) is 36.4 Å². The molecule has 5 heteroatoms. The van der Waals surface area contributed by atoms with Gasteiger partial charge in [0.2, 0.25) is 0 Å². The standard InChI is InChI=1S/C20H31N3O2/c1-15(2)18(24)20(3,4)14-22-19(25)21-13-16-8-7-9-17(12-16)23-10-5-6-11-23/h5-9,12,15,18,24H,10-11,13-14H2,1-4H3,(H2,21,22,25). The molecular weight excluding hydrogens is 314 g/mol. The van der Waals surface area contributed by atoms with Crippen LogP contribution in [0.2, 0.25) is 0 Å². The van der Waals surface area contributed by atoms with Crippen LogP contribution in [0.25, 0.3) is 0 Å². The fraction of sp³-hybridized carbons (Fsp3) is 0.550. The van der Waals surface area contributed by atoms with E-state index in [1.165, 1.54) is 5.69 Å². The summed E-state index contributed by atoms with van der Waals surface area (Å²) in [6.45, 7) is 10.7. The van der Waals surface area contributed by atoms with E-state index in [4.69, 9.17) is 0 Å². The second kappa shape index (κ2) is 8.39. The molecule has 1 aliphatic heterocycles. The molecule has 2 rings (SSSR count). The van der Waals surface area contributed by atoms with Crippen LogP contribution in [-0.4, -0.2) is 36.9 Å². The molecule has 0 fully saturated rings. The van der Waals surface area contributed by atoms with Gasteiger partial charge in [0.1, 0.15) is 0 Å². The number of carbonyl (C=O) groups is 1. The van der Waals surface area contributed by atoms with Crippen LogP contribution in [0.4, 0.5) is 10.5 Å². The maximum absolute atomic E-state index is 12.1. The third kappa shape index (κ3) is 5.49. The van der Waals surface area contributed by atoms with Crippen molar-refractivity contribution < 1.29 is 9.90 Å². The first-order valence-electron chi connectivity index (χ1n) is 8.98. The number of carbonyl (C=O) groups excluding carboxylic acids is 1. The molecule has 0 aliphatic carbocycles. The first-order chi connectivity index (χ1) is 11.8. The van der Waals surface area contributed by atoms with E-state index in [0.29, 0.717) is 13.1 Å². The van der Waals surface area contributed by atoms with Crippen LogP contribution < -0.4 is 15.5 Å². The molecule has 1 aliphatic rings. The quantitative estimate of drug-likeness (QED) is 0.666. The molecule has 0 radical (unpaired) electrons. The molecular formula is C20H31N3O2. The van der Waals surface area contributed by atoms with Crippen LogP contribution in [0, 0.1) is 11.3 Å². The predicted octanol–water partition coefficient (Wildman–Crippen LogP) is 2.91. The van der Waals surface area contributed by atoms with Gasteiger partial charge in [-0.25, -0.2) is 4.79 Å². The Morgan fingerprint density at radius 3 is 2.56 bits per heavy atom. The number of urea groups is 1. The van der Waals surface area contributed by atoms with Crippen molar-refractivity contribution in [2.24, 2.45) is 11.3 Å². The van der Waals surface area contributed by atoms with Gasteiger partial charge in [-0.3, -0.25) is 0 Å². The predicted molar refractivity (Wildman–Crippen MR) is 103 cm³/mol. The zero-order chi connectivity index (χ0) is 18.4. The van der Waals surface area contributed by atoms with Gasteiger partial charge in [0.05, 0.1) is 6.10 Å². The lowest BCUT2D eigenvalue weighted by molar-refractivity contribution is 0.0151. The number of hydrogen-bond acceptors (Lipinski definition) is 3. The smallest absolute Gasteiger partial charge is 0.315 e. The van der Waals surface area contributed by atoms with Crippen molar-refractivity contribution in [3.63, 3.8) is 0 Å². The van der Waals surface area contributed by atoms with Crippen molar-refractivity contribution in [1.82, 2.24) is 10.6 Å². The Hall–Kier alpha value is -2.01. The third-order valence-electron chi connectivity index (χ3n) is 4.68. The minimum Gasteiger partial charge on any atom is -0.392 e. The fourth-order valence-electron chi connectivity index (χ4n) is 3.11. The van der Waals surface area contributed by atoms with E-state index >= 15 is 0 Å². The summed E-state index contributed by atoms with van der Waals surface area (Å²) in [6, 6.07) is 8.02. The highest BCUT2D eigenvalue weighted by Crippen LogP contribution is 2.25. The second-order valence-electron chi connectivity index (χ2n) is 7.76. The molecule has 0 bridgehead atoms. The minimum atomic E-state index is -0.460. The third-order valence-corrected chi connectivity index (χ3v) is 4.68. The Bertz CT molecular complexity index is 603. The Kier molecular flexibility index (Phi) is 6.48. The summed E-state index contributed by atoms with van der Waals surface area (Å²) in [5.74, 6) is 0.155. The molecule has 1 unspecified atom stereocenters. The molecule has 1 aromatic carbocycles. The number of aliphatic hydroxyl groups excluding tert-OH is 1. The Labute approximate surface area is 151 Å². The average molecular weight is 345 g/mol. The molecule has 3 N–H and O–H groups in total. The maximum Gasteiger partial charge on any atom is 0.315 e. The van der Waals surface area contributed by atoms with Crippen LogP contribution in [0.5, 0.6) is 0 Å². The first kappa shape index (κ1) is 19.3.